The average molecular weight is 424 g/mol. The van der Waals surface area contributed by atoms with Gasteiger partial charge in [-0.25, -0.2) is 4.98 Å². The Bertz CT molecular complexity index is 1080. The number of aryl methyl sites for hydroxylation is 1. The lowest BCUT2D eigenvalue weighted by Gasteiger charge is -2.24. The summed E-state index contributed by atoms with van der Waals surface area (Å²) < 4.78 is 7.55. The zero-order valence-electron chi connectivity index (χ0n) is 17.2. The lowest BCUT2D eigenvalue weighted by Crippen LogP contribution is -2.45. The highest BCUT2D eigenvalue weighted by atomic mass is 16.5. The first-order valence-corrected chi connectivity index (χ1v) is 10.4. The van der Waals surface area contributed by atoms with Crippen molar-refractivity contribution in [2.24, 2.45) is 24.6 Å². The Morgan fingerprint density at radius 3 is 2.74 bits per heavy atom. The zero-order chi connectivity index (χ0) is 21.9. The van der Waals surface area contributed by atoms with Crippen molar-refractivity contribution in [3.63, 3.8) is 0 Å². The predicted octanol–water partition coefficient (Wildman–Crippen LogP) is 1.12. The van der Waals surface area contributed by atoms with E-state index in [1.165, 1.54) is 4.90 Å². The van der Waals surface area contributed by atoms with Crippen molar-refractivity contribution >= 4 is 17.8 Å². The van der Waals surface area contributed by atoms with E-state index in [0.29, 0.717) is 23.3 Å². The summed E-state index contributed by atoms with van der Waals surface area (Å²) in [4.78, 5) is 41.9. The van der Waals surface area contributed by atoms with Crippen molar-refractivity contribution < 1.29 is 24.2 Å². The Morgan fingerprint density at radius 1 is 1.32 bits per heavy atom. The molecule has 0 radical (unpaired) electrons. The number of amides is 2. The first kappa shape index (κ1) is 19.7. The average Bonchev–Trinajstić information content (AvgIpc) is 3.09. The van der Waals surface area contributed by atoms with Crippen LogP contribution in [0.3, 0.4) is 0 Å². The molecule has 31 heavy (non-hydrogen) atoms. The Morgan fingerprint density at radius 2 is 2.06 bits per heavy atom. The molecular weight excluding hydrogens is 400 g/mol. The summed E-state index contributed by atoms with van der Waals surface area (Å²) in [6.45, 7) is 1.83. The van der Waals surface area contributed by atoms with Crippen LogP contribution >= 0.6 is 0 Å². The number of hydrogen-bond donors (Lipinski definition) is 2. The van der Waals surface area contributed by atoms with E-state index in [1.54, 1.807) is 6.07 Å². The second kappa shape index (κ2) is 7.19. The molecule has 4 atom stereocenters. The standard InChI is InChI=1S/C22H24N4O5/c1-25-8-16(24-21(25)19-14-9-31-10-15(14)19)11-2-3-13-12(6-11)7-26(22(13)30)17(20(23)29)4-5-18(27)28/h2-3,6,8,14-15,17,19H,4-5,7,9-10H2,1H3,(H2,23,29)(H,27,28)/t14-,15+,17?,19+. The maximum absolute atomic E-state index is 12.8. The monoisotopic (exact) mass is 424 g/mol. The summed E-state index contributed by atoms with van der Waals surface area (Å²) in [7, 11) is 2.00. The molecule has 162 valence electrons. The molecule has 5 rings (SSSR count). The number of aromatic nitrogens is 2. The number of aliphatic carboxylic acids is 1. The van der Waals surface area contributed by atoms with Crippen LogP contribution < -0.4 is 5.73 Å². The number of nitrogens with zero attached hydrogens (tertiary/aromatic N) is 3. The van der Waals surface area contributed by atoms with Gasteiger partial charge in [-0.2, -0.15) is 0 Å². The fourth-order valence-electron chi connectivity index (χ4n) is 5.02. The molecule has 9 heteroatoms. The van der Waals surface area contributed by atoms with Gasteiger partial charge in [-0.05, 0) is 36.0 Å². The molecule has 3 N–H and O–H groups in total. The third kappa shape index (κ3) is 3.29. The van der Waals surface area contributed by atoms with Gasteiger partial charge in [0.25, 0.3) is 5.91 Å². The number of carbonyl (C=O) groups excluding carboxylic acids is 2. The predicted molar refractivity (Wildman–Crippen MR) is 109 cm³/mol. The van der Waals surface area contributed by atoms with Crippen LogP contribution in [0.5, 0.6) is 0 Å². The second-order valence-corrected chi connectivity index (χ2v) is 8.64. The molecule has 1 aromatic heterocycles. The van der Waals surface area contributed by atoms with Crippen LogP contribution in [0.4, 0.5) is 0 Å². The number of carbonyl (C=O) groups is 3. The van der Waals surface area contributed by atoms with Crippen molar-refractivity contribution in [3.8, 4) is 11.3 Å². The van der Waals surface area contributed by atoms with E-state index in [-0.39, 0.29) is 25.3 Å². The molecule has 9 nitrogen and oxygen atoms in total. The van der Waals surface area contributed by atoms with Crippen molar-refractivity contribution in [3.05, 3.63) is 41.3 Å². The number of rotatable bonds is 7. The topological polar surface area (TPSA) is 128 Å². The van der Waals surface area contributed by atoms with Gasteiger partial charge in [-0.3, -0.25) is 14.4 Å². The van der Waals surface area contributed by atoms with Gasteiger partial charge in [0.1, 0.15) is 11.9 Å². The fourth-order valence-corrected chi connectivity index (χ4v) is 5.02. The Hall–Kier alpha value is -3.20. The van der Waals surface area contributed by atoms with Gasteiger partial charge in [0, 0.05) is 43.3 Å². The zero-order valence-corrected chi connectivity index (χ0v) is 17.2. The minimum absolute atomic E-state index is 0.00567. The highest BCUT2D eigenvalue weighted by Crippen LogP contribution is 2.57. The fraction of sp³-hybridized carbons (Fsp3) is 0.455. The van der Waals surface area contributed by atoms with Gasteiger partial charge in [-0.15, -0.1) is 0 Å². The van der Waals surface area contributed by atoms with E-state index in [9.17, 15) is 14.4 Å². The van der Waals surface area contributed by atoms with Crippen LogP contribution in [0.25, 0.3) is 11.3 Å². The molecule has 1 unspecified atom stereocenters. The summed E-state index contributed by atoms with van der Waals surface area (Å²) >= 11 is 0. The first-order valence-electron chi connectivity index (χ1n) is 10.4. The maximum atomic E-state index is 12.8. The Kier molecular flexibility index (Phi) is 4.58. The van der Waals surface area contributed by atoms with Crippen LogP contribution in [-0.4, -0.2) is 56.6 Å². The first-order chi connectivity index (χ1) is 14.8. The number of carboxylic acids is 1. The van der Waals surface area contributed by atoms with E-state index in [4.69, 9.17) is 20.6 Å². The summed E-state index contributed by atoms with van der Waals surface area (Å²) in [6, 6.07) is 4.58. The molecule has 1 saturated carbocycles. The van der Waals surface area contributed by atoms with Crippen LogP contribution in [0.1, 0.15) is 40.5 Å². The maximum Gasteiger partial charge on any atom is 0.303 e. The number of hydrogen-bond acceptors (Lipinski definition) is 5. The Labute approximate surface area is 178 Å². The van der Waals surface area contributed by atoms with Gasteiger partial charge >= 0.3 is 5.97 Å². The SMILES string of the molecule is Cn1cc(-c2ccc3c(c2)CN(C(CCC(=O)O)C(N)=O)C3=O)nc1[C@H]1[C@@H]2COC[C@@H]21. The van der Waals surface area contributed by atoms with E-state index in [1.807, 2.05) is 25.4 Å². The molecule has 2 fully saturated rings. The van der Waals surface area contributed by atoms with E-state index >= 15 is 0 Å². The van der Waals surface area contributed by atoms with Gasteiger partial charge in [0.15, 0.2) is 0 Å². The molecule has 3 aliphatic rings. The third-order valence-corrected chi connectivity index (χ3v) is 6.73. The van der Waals surface area contributed by atoms with Crippen LogP contribution in [0.15, 0.2) is 24.4 Å². The van der Waals surface area contributed by atoms with Crippen molar-refractivity contribution in [1.82, 2.24) is 14.5 Å². The lowest BCUT2D eigenvalue weighted by molar-refractivity contribution is -0.137. The van der Waals surface area contributed by atoms with E-state index in [2.05, 4.69) is 4.57 Å². The molecule has 1 aliphatic carbocycles. The molecule has 2 aromatic rings. The normalized spacial score (nSPS) is 24.7. The molecule has 2 aliphatic heterocycles. The number of nitrogens with two attached hydrogens (primary N) is 1. The summed E-state index contributed by atoms with van der Waals surface area (Å²) in [5, 5.41) is 8.94. The van der Waals surface area contributed by atoms with Gasteiger partial charge in [0.2, 0.25) is 5.91 Å². The highest BCUT2D eigenvalue weighted by molar-refractivity contribution is 6.01. The number of carboxylic acid groups (broad SMARTS) is 1. The number of ether oxygens (including phenoxy) is 1. The largest absolute Gasteiger partial charge is 0.481 e. The highest BCUT2D eigenvalue weighted by Gasteiger charge is 2.56. The van der Waals surface area contributed by atoms with Crippen LogP contribution in [-0.2, 0) is 27.9 Å². The smallest absolute Gasteiger partial charge is 0.303 e. The van der Waals surface area contributed by atoms with Crippen LogP contribution in [0.2, 0.25) is 0 Å². The van der Waals surface area contributed by atoms with Crippen LogP contribution in [0, 0.1) is 11.8 Å². The molecule has 0 bridgehead atoms. The van der Waals surface area contributed by atoms with Gasteiger partial charge in [-0.1, -0.05) is 6.07 Å². The number of fused-ring (bicyclic) bond motifs is 2. The molecule has 1 aromatic carbocycles. The number of benzene rings is 1. The molecule has 3 heterocycles. The van der Waals surface area contributed by atoms with E-state index < -0.39 is 17.9 Å². The summed E-state index contributed by atoms with van der Waals surface area (Å²) in [5.74, 6) is 0.612. The number of imidazole rings is 1. The van der Waals surface area contributed by atoms with Crippen molar-refractivity contribution in [1.29, 1.82) is 0 Å². The summed E-state index contributed by atoms with van der Waals surface area (Å²) in [5.41, 5.74) is 8.50. The molecule has 1 saturated heterocycles. The quantitative estimate of drug-likeness (QED) is 0.686. The van der Waals surface area contributed by atoms with Crippen molar-refractivity contribution in [2.45, 2.75) is 31.3 Å². The molecule has 0 spiro atoms. The lowest BCUT2D eigenvalue weighted by atomic mass is 10.0. The van der Waals surface area contributed by atoms with Gasteiger partial charge < -0.3 is 25.0 Å². The molecule has 2 amide bonds. The second-order valence-electron chi connectivity index (χ2n) is 8.64. The Balaban J connectivity index is 1.38. The molecular formula is C22H24N4O5. The third-order valence-electron chi connectivity index (χ3n) is 6.73. The summed E-state index contributed by atoms with van der Waals surface area (Å²) in [6.07, 6.45) is 1.76. The number of primary amides is 1. The van der Waals surface area contributed by atoms with E-state index in [0.717, 1.165) is 35.9 Å². The minimum Gasteiger partial charge on any atom is -0.481 e. The van der Waals surface area contributed by atoms with Crippen molar-refractivity contribution in [2.75, 3.05) is 13.2 Å². The van der Waals surface area contributed by atoms with Gasteiger partial charge in [0.05, 0.1) is 18.9 Å². The minimum atomic E-state index is -1.03.